The molecular formula is C9H11N2. The van der Waals surface area contributed by atoms with Gasteiger partial charge in [0.2, 0.25) is 0 Å². The van der Waals surface area contributed by atoms with Crippen LogP contribution in [-0.2, 0) is 0 Å². The molecule has 1 radical (unpaired) electrons. The van der Waals surface area contributed by atoms with Gasteiger partial charge in [0, 0.05) is 24.9 Å². The molecule has 2 heterocycles. The highest BCUT2D eigenvalue weighted by Crippen LogP contribution is 2.19. The molecule has 1 N–H and O–H groups in total. The molecule has 0 aromatic carbocycles. The number of hydrogen-bond donors (Lipinski definition) is 1. The highest BCUT2D eigenvalue weighted by molar-refractivity contribution is 5.29. The van der Waals surface area contributed by atoms with Crippen molar-refractivity contribution in [3.05, 3.63) is 36.0 Å². The zero-order chi connectivity index (χ0) is 7.52. The number of pyridine rings is 1. The molecule has 2 nitrogen and oxygen atoms in total. The van der Waals surface area contributed by atoms with Gasteiger partial charge < -0.3 is 5.32 Å². The average Bonchev–Trinajstić information content (AvgIpc) is 2.58. The Morgan fingerprint density at radius 3 is 3.09 bits per heavy atom. The van der Waals surface area contributed by atoms with E-state index in [4.69, 9.17) is 0 Å². The first-order chi connectivity index (χ1) is 5.47. The fourth-order valence-corrected chi connectivity index (χ4v) is 1.39. The fourth-order valence-electron chi connectivity index (χ4n) is 1.39. The van der Waals surface area contributed by atoms with E-state index in [0.29, 0.717) is 0 Å². The monoisotopic (exact) mass is 147 g/mol. The van der Waals surface area contributed by atoms with Crippen LogP contribution in [0.3, 0.4) is 0 Å². The predicted molar refractivity (Wildman–Crippen MR) is 44.1 cm³/mol. The molecule has 2 rings (SSSR count). The summed E-state index contributed by atoms with van der Waals surface area (Å²) in [6, 6.07) is 4.11. The van der Waals surface area contributed by atoms with Crippen molar-refractivity contribution in [3.8, 4) is 0 Å². The van der Waals surface area contributed by atoms with Crippen LogP contribution in [0.15, 0.2) is 24.5 Å². The van der Waals surface area contributed by atoms with E-state index < -0.39 is 0 Å². The maximum absolute atomic E-state index is 4.08. The van der Waals surface area contributed by atoms with Crippen molar-refractivity contribution in [2.24, 2.45) is 0 Å². The summed E-state index contributed by atoms with van der Waals surface area (Å²) >= 11 is 0. The Kier molecular flexibility index (Phi) is 1.86. The van der Waals surface area contributed by atoms with Crippen molar-refractivity contribution in [3.63, 3.8) is 0 Å². The smallest absolute Gasteiger partial charge is 0.0306 e. The van der Waals surface area contributed by atoms with E-state index in [1.165, 1.54) is 17.9 Å². The fraction of sp³-hybridized carbons (Fsp3) is 0.333. The molecule has 0 unspecified atom stereocenters. The molecule has 1 saturated heterocycles. The third-order valence-electron chi connectivity index (χ3n) is 2.01. The second-order valence-electron chi connectivity index (χ2n) is 2.77. The molecule has 11 heavy (non-hydrogen) atoms. The molecule has 2 heteroatoms. The summed E-state index contributed by atoms with van der Waals surface area (Å²) in [4.78, 5) is 4.08. The Morgan fingerprint density at radius 1 is 1.45 bits per heavy atom. The van der Waals surface area contributed by atoms with Crippen LogP contribution in [-0.4, -0.2) is 18.1 Å². The lowest BCUT2D eigenvalue weighted by molar-refractivity contribution is 0.860. The van der Waals surface area contributed by atoms with E-state index in [9.17, 15) is 0 Å². The van der Waals surface area contributed by atoms with Crippen LogP contribution < -0.4 is 5.32 Å². The third-order valence-corrected chi connectivity index (χ3v) is 2.01. The lowest BCUT2D eigenvalue weighted by Crippen LogP contribution is -2.08. The van der Waals surface area contributed by atoms with Crippen LogP contribution in [0, 0.1) is 5.92 Å². The van der Waals surface area contributed by atoms with Gasteiger partial charge in [0.15, 0.2) is 0 Å². The van der Waals surface area contributed by atoms with Crippen LogP contribution in [0.4, 0.5) is 0 Å². The maximum atomic E-state index is 4.08. The molecule has 57 valence electrons. The van der Waals surface area contributed by atoms with Crippen molar-refractivity contribution in [2.75, 3.05) is 13.1 Å². The van der Waals surface area contributed by atoms with Crippen LogP contribution in [0.1, 0.15) is 12.0 Å². The summed E-state index contributed by atoms with van der Waals surface area (Å²) in [5, 5.41) is 3.31. The molecule has 1 aliphatic rings. The lowest BCUT2D eigenvalue weighted by atomic mass is 10.0. The summed E-state index contributed by atoms with van der Waals surface area (Å²) < 4.78 is 0. The molecule has 0 bridgehead atoms. The van der Waals surface area contributed by atoms with Gasteiger partial charge in [-0.05, 0) is 24.6 Å². The standard InChI is InChI=1S/C9H11N2/c1-2-8(6-10-4-1)9-3-5-11-7-9/h1-2,4,6,11H,3,5,7H2. The van der Waals surface area contributed by atoms with Crippen molar-refractivity contribution in [1.82, 2.24) is 10.3 Å². The van der Waals surface area contributed by atoms with E-state index >= 15 is 0 Å². The van der Waals surface area contributed by atoms with E-state index in [1.54, 1.807) is 0 Å². The molecule has 0 atom stereocenters. The van der Waals surface area contributed by atoms with Crippen LogP contribution in [0.2, 0.25) is 0 Å². The van der Waals surface area contributed by atoms with Crippen molar-refractivity contribution in [1.29, 1.82) is 0 Å². The van der Waals surface area contributed by atoms with Gasteiger partial charge in [0.05, 0.1) is 0 Å². The van der Waals surface area contributed by atoms with Gasteiger partial charge in [-0.3, -0.25) is 4.98 Å². The van der Waals surface area contributed by atoms with E-state index in [2.05, 4.69) is 16.4 Å². The zero-order valence-corrected chi connectivity index (χ0v) is 6.38. The molecule has 0 amide bonds. The highest BCUT2D eigenvalue weighted by Gasteiger charge is 2.16. The van der Waals surface area contributed by atoms with Gasteiger partial charge in [-0.1, -0.05) is 6.07 Å². The van der Waals surface area contributed by atoms with E-state index in [1.807, 2.05) is 18.5 Å². The molecule has 1 aromatic heterocycles. The van der Waals surface area contributed by atoms with Crippen molar-refractivity contribution >= 4 is 0 Å². The number of hydrogen-bond acceptors (Lipinski definition) is 2. The first-order valence-electron chi connectivity index (χ1n) is 3.92. The van der Waals surface area contributed by atoms with Crippen molar-refractivity contribution < 1.29 is 0 Å². The minimum atomic E-state index is 1.03. The topological polar surface area (TPSA) is 24.9 Å². The first-order valence-corrected chi connectivity index (χ1v) is 3.92. The number of rotatable bonds is 1. The summed E-state index contributed by atoms with van der Waals surface area (Å²) in [5.41, 5.74) is 1.29. The maximum Gasteiger partial charge on any atom is 0.0306 e. The quantitative estimate of drug-likeness (QED) is 0.641. The average molecular weight is 147 g/mol. The molecule has 0 saturated carbocycles. The predicted octanol–water partition coefficient (Wildman–Crippen LogP) is 0.997. The SMILES string of the molecule is c1cncc([C]2CCNC2)c1. The number of nitrogens with one attached hydrogen (secondary N) is 1. The number of aromatic nitrogens is 1. The third kappa shape index (κ3) is 1.40. The largest absolute Gasteiger partial charge is 0.316 e. The Labute approximate surface area is 66.7 Å². The van der Waals surface area contributed by atoms with Gasteiger partial charge in [0.25, 0.3) is 0 Å². The minimum absolute atomic E-state index is 1.03. The van der Waals surface area contributed by atoms with Gasteiger partial charge in [0.1, 0.15) is 0 Å². The highest BCUT2D eigenvalue weighted by atomic mass is 14.9. The van der Waals surface area contributed by atoms with E-state index in [-0.39, 0.29) is 0 Å². The molecule has 0 spiro atoms. The molecule has 1 fully saturated rings. The molecule has 1 aromatic rings. The Morgan fingerprint density at radius 2 is 2.45 bits per heavy atom. The molecular weight excluding hydrogens is 136 g/mol. The summed E-state index contributed by atoms with van der Waals surface area (Å²) in [7, 11) is 0. The summed E-state index contributed by atoms with van der Waals surface area (Å²) in [6.07, 6.45) is 4.92. The molecule has 0 aliphatic carbocycles. The van der Waals surface area contributed by atoms with Crippen LogP contribution in [0.25, 0.3) is 0 Å². The second-order valence-corrected chi connectivity index (χ2v) is 2.77. The van der Waals surface area contributed by atoms with Crippen LogP contribution in [0.5, 0.6) is 0 Å². The van der Waals surface area contributed by atoms with Gasteiger partial charge in [-0.25, -0.2) is 0 Å². The normalized spacial score (nSPS) is 18.9. The van der Waals surface area contributed by atoms with Crippen LogP contribution >= 0.6 is 0 Å². The summed E-state index contributed by atoms with van der Waals surface area (Å²) in [6.45, 7) is 2.15. The minimum Gasteiger partial charge on any atom is -0.316 e. The Bertz CT molecular complexity index is 214. The first kappa shape index (κ1) is 6.80. The lowest BCUT2D eigenvalue weighted by Gasteiger charge is -2.05. The van der Waals surface area contributed by atoms with Gasteiger partial charge >= 0.3 is 0 Å². The second kappa shape index (κ2) is 3.01. The van der Waals surface area contributed by atoms with Crippen molar-refractivity contribution in [2.45, 2.75) is 6.42 Å². The zero-order valence-electron chi connectivity index (χ0n) is 6.38. The Balaban J connectivity index is 2.16. The van der Waals surface area contributed by atoms with Gasteiger partial charge in [-0.2, -0.15) is 0 Å². The number of nitrogens with zero attached hydrogens (tertiary/aromatic N) is 1. The van der Waals surface area contributed by atoms with Gasteiger partial charge in [-0.15, -0.1) is 0 Å². The Hall–Kier alpha value is -0.890. The van der Waals surface area contributed by atoms with E-state index in [0.717, 1.165) is 13.1 Å². The molecule has 1 aliphatic heterocycles. The summed E-state index contributed by atoms with van der Waals surface area (Å²) in [5.74, 6) is 1.48.